The first-order valence-electron chi connectivity index (χ1n) is 8.48. The average Bonchev–Trinajstić information content (AvgIpc) is 3.06. The number of carbonyl (C=O) groups excluding carboxylic acids is 1. The van der Waals surface area contributed by atoms with Crippen molar-refractivity contribution in [2.45, 2.75) is 19.5 Å². The minimum atomic E-state index is -0.491. The predicted octanol–water partition coefficient (Wildman–Crippen LogP) is 3.45. The van der Waals surface area contributed by atoms with Crippen LogP contribution in [0.25, 0.3) is 11.3 Å². The first kappa shape index (κ1) is 17.2. The van der Waals surface area contributed by atoms with Gasteiger partial charge in [-0.25, -0.2) is 8.78 Å². The van der Waals surface area contributed by atoms with Crippen molar-refractivity contribution in [3.63, 3.8) is 0 Å². The molecule has 2 heterocycles. The summed E-state index contributed by atoms with van der Waals surface area (Å²) in [6.07, 6.45) is 0.128. The number of aromatic amines is 1. The molecule has 1 aliphatic rings. The Balaban J connectivity index is 1.61. The van der Waals surface area contributed by atoms with Crippen LogP contribution in [-0.4, -0.2) is 28.1 Å². The van der Waals surface area contributed by atoms with Crippen LogP contribution in [0, 0.1) is 11.6 Å². The molecule has 27 heavy (non-hydrogen) atoms. The minimum Gasteiger partial charge on any atom is -0.494 e. The van der Waals surface area contributed by atoms with Crippen LogP contribution in [0.5, 0.6) is 5.75 Å². The van der Waals surface area contributed by atoms with E-state index in [0.717, 1.165) is 11.3 Å². The normalized spacial score (nSPS) is 13.6. The molecule has 1 N–H and O–H groups in total. The summed E-state index contributed by atoms with van der Waals surface area (Å²) >= 11 is 0. The maximum atomic E-state index is 14.0. The van der Waals surface area contributed by atoms with Crippen LogP contribution in [0.15, 0.2) is 42.5 Å². The van der Waals surface area contributed by atoms with Gasteiger partial charge in [-0.15, -0.1) is 0 Å². The number of hydrogen-bond acceptors (Lipinski definition) is 3. The fraction of sp³-hybridized carbons (Fsp3) is 0.200. The van der Waals surface area contributed by atoms with E-state index in [1.54, 1.807) is 29.2 Å². The molecular weight excluding hydrogens is 352 g/mol. The molecule has 138 valence electrons. The van der Waals surface area contributed by atoms with Crippen molar-refractivity contribution < 1.29 is 18.3 Å². The van der Waals surface area contributed by atoms with Crippen molar-refractivity contribution >= 4 is 5.91 Å². The summed E-state index contributed by atoms with van der Waals surface area (Å²) in [6, 6.07) is 11.0. The van der Waals surface area contributed by atoms with E-state index in [-0.39, 0.29) is 30.4 Å². The third-order valence-corrected chi connectivity index (χ3v) is 4.73. The molecule has 0 atom stereocenters. The fourth-order valence-electron chi connectivity index (χ4n) is 3.29. The smallest absolute Gasteiger partial charge is 0.227 e. The number of fused-ring (bicyclic) bond motifs is 1. The Kier molecular flexibility index (Phi) is 4.35. The Labute approximate surface area is 154 Å². The van der Waals surface area contributed by atoms with E-state index >= 15 is 0 Å². The molecule has 5 nitrogen and oxygen atoms in total. The van der Waals surface area contributed by atoms with Crippen molar-refractivity contribution in [1.29, 1.82) is 0 Å². The van der Waals surface area contributed by atoms with E-state index in [2.05, 4.69) is 10.2 Å². The van der Waals surface area contributed by atoms with Gasteiger partial charge in [0.15, 0.2) is 11.6 Å². The topological polar surface area (TPSA) is 58.2 Å². The van der Waals surface area contributed by atoms with Gasteiger partial charge in [0.1, 0.15) is 5.82 Å². The Bertz CT molecular complexity index is 1020. The number of amides is 1. The molecule has 1 amide bonds. The molecule has 0 fully saturated rings. The maximum Gasteiger partial charge on any atom is 0.227 e. The number of nitrogens with zero attached hydrogens (tertiary/aromatic N) is 2. The molecule has 0 saturated carbocycles. The van der Waals surface area contributed by atoms with Crippen LogP contribution in [0.1, 0.15) is 16.8 Å². The highest BCUT2D eigenvalue weighted by atomic mass is 19.1. The van der Waals surface area contributed by atoms with E-state index in [9.17, 15) is 13.6 Å². The van der Waals surface area contributed by atoms with Crippen LogP contribution >= 0.6 is 0 Å². The third-order valence-electron chi connectivity index (χ3n) is 4.73. The number of carbonyl (C=O) groups is 1. The zero-order valence-electron chi connectivity index (χ0n) is 14.6. The Morgan fingerprint density at radius 3 is 2.74 bits per heavy atom. The first-order chi connectivity index (χ1) is 13.1. The van der Waals surface area contributed by atoms with Gasteiger partial charge >= 0.3 is 0 Å². The molecule has 1 aromatic heterocycles. The van der Waals surface area contributed by atoms with Gasteiger partial charge in [0, 0.05) is 23.2 Å². The molecular formula is C20H17F2N3O2. The number of halogens is 2. The SMILES string of the molecule is COc1ccc(-c2n[nH]c3c2CC(=O)N(Cc2ccccc2F)C3)cc1F. The first-order valence-corrected chi connectivity index (χ1v) is 8.48. The van der Waals surface area contributed by atoms with Crippen LogP contribution in [-0.2, 0) is 24.3 Å². The van der Waals surface area contributed by atoms with Crippen LogP contribution in [0.3, 0.4) is 0 Å². The molecule has 0 unspecified atom stereocenters. The zero-order valence-corrected chi connectivity index (χ0v) is 14.6. The lowest BCUT2D eigenvalue weighted by Gasteiger charge is -2.27. The third kappa shape index (κ3) is 3.16. The molecule has 3 aromatic rings. The lowest BCUT2D eigenvalue weighted by atomic mass is 9.99. The monoisotopic (exact) mass is 369 g/mol. The minimum absolute atomic E-state index is 0.123. The van der Waals surface area contributed by atoms with E-state index in [0.29, 0.717) is 23.4 Å². The molecule has 0 saturated heterocycles. The largest absolute Gasteiger partial charge is 0.494 e. The van der Waals surface area contributed by atoms with E-state index in [4.69, 9.17) is 4.74 Å². The number of hydrogen-bond donors (Lipinski definition) is 1. The van der Waals surface area contributed by atoms with Crippen LogP contribution in [0.2, 0.25) is 0 Å². The number of nitrogens with one attached hydrogen (secondary N) is 1. The van der Waals surface area contributed by atoms with Crippen molar-refractivity contribution in [1.82, 2.24) is 15.1 Å². The summed E-state index contributed by atoms with van der Waals surface area (Å²) in [6.45, 7) is 0.491. The molecule has 1 aliphatic heterocycles. The lowest BCUT2D eigenvalue weighted by Crippen LogP contribution is -2.35. The second-order valence-corrected chi connectivity index (χ2v) is 6.40. The van der Waals surface area contributed by atoms with Gasteiger partial charge in [-0.05, 0) is 24.3 Å². The number of aromatic nitrogens is 2. The van der Waals surface area contributed by atoms with Crippen LogP contribution < -0.4 is 4.74 Å². The van der Waals surface area contributed by atoms with Gasteiger partial charge in [-0.2, -0.15) is 5.10 Å². The zero-order chi connectivity index (χ0) is 19.0. The molecule has 0 radical (unpaired) electrons. The summed E-state index contributed by atoms with van der Waals surface area (Å²) < 4.78 is 32.8. The van der Waals surface area contributed by atoms with Gasteiger partial charge in [0.25, 0.3) is 0 Å². The van der Waals surface area contributed by atoms with Crippen molar-refractivity contribution in [3.8, 4) is 17.0 Å². The summed E-state index contributed by atoms with van der Waals surface area (Å²) in [4.78, 5) is 14.2. The standard InChI is InChI=1S/C20H17F2N3O2/c1-27-18-7-6-12(8-16(18)22)20-14-9-19(26)25(11-17(14)23-24-20)10-13-4-2-3-5-15(13)21/h2-8H,9-11H2,1H3,(H,23,24). The van der Waals surface area contributed by atoms with E-state index < -0.39 is 5.82 Å². The van der Waals surface area contributed by atoms with Crippen molar-refractivity contribution in [2.24, 2.45) is 0 Å². The highest BCUT2D eigenvalue weighted by Crippen LogP contribution is 2.31. The Morgan fingerprint density at radius 1 is 1.19 bits per heavy atom. The van der Waals surface area contributed by atoms with E-state index in [1.807, 2.05) is 0 Å². The highest BCUT2D eigenvalue weighted by molar-refractivity contribution is 5.83. The van der Waals surface area contributed by atoms with E-state index in [1.165, 1.54) is 25.3 Å². The predicted molar refractivity (Wildman–Crippen MR) is 94.9 cm³/mol. The maximum absolute atomic E-state index is 14.0. The number of methoxy groups -OCH3 is 1. The van der Waals surface area contributed by atoms with Crippen molar-refractivity contribution in [3.05, 3.63) is 70.9 Å². The van der Waals surface area contributed by atoms with Gasteiger partial charge in [0.05, 0.1) is 31.5 Å². The van der Waals surface area contributed by atoms with Gasteiger partial charge in [-0.1, -0.05) is 18.2 Å². The lowest BCUT2D eigenvalue weighted by molar-refractivity contribution is -0.132. The number of ether oxygens (including phenoxy) is 1. The van der Waals surface area contributed by atoms with Crippen molar-refractivity contribution in [2.75, 3.05) is 7.11 Å². The Hall–Kier alpha value is -3.22. The molecule has 0 aliphatic carbocycles. The molecule has 2 aromatic carbocycles. The van der Waals surface area contributed by atoms with Gasteiger partial charge in [-0.3, -0.25) is 9.89 Å². The number of rotatable bonds is 4. The average molecular weight is 369 g/mol. The van der Waals surface area contributed by atoms with Crippen LogP contribution in [0.4, 0.5) is 8.78 Å². The molecule has 4 rings (SSSR count). The number of H-pyrrole nitrogens is 1. The van der Waals surface area contributed by atoms with Gasteiger partial charge < -0.3 is 9.64 Å². The second kappa shape index (κ2) is 6.83. The fourth-order valence-corrected chi connectivity index (χ4v) is 3.29. The molecule has 0 spiro atoms. The Morgan fingerprint density at radius 2 is 2.00 bits per heavy atom. The summed E-state index contributed by atoms with van der Waals surface area (Å²) in [5.41, 5.74) is 3.10. The second-order valence-electron chi connectivity index (χ2n) is 6.40. The summed E-state index contributed by atoms with van der Waals surface area (Å²) in [7, 11) is 1.40. The summed E-state index contributed by atoms with van der Waals surface area (Å²) in [5.74, 6) is -0.803. The number of benzene rings is 2. The van der Waals surface area contributed by atoms with Gasteiger partial charge in [0.2, 0.25) is 5.91 Å². The molecule has 7 heteroatoms. The summed E-state index contributed by atoms with van der Waals surface area (Å²) in [5, 5.41) is 7.21. The quantitative estimate of drug-likeness (QED) is 0.766. The highest BCUT2D eigenvalue weighted by Gasteiger charge is 2.28. The molecule has 0 bridgehead atoms.